The van der Waals surface area contributed by atoms with Gasteiger partial charge in [0.25, 0.3) is 11.8 Å². The number of halogens is 1. The number of hydrogen-bond acceptors (Lipinski definition) is 3. The Labute approximate surface area is 163 Å². The van der Waals surface area contributed by atoms with Gasteiger partial charge in [-0.1, -0.05) is 34.6 Å². The number of carbonyl (C=O) groups excluding carboxylic acids is 2. The average Bonchev–Trinajstić information content (AvgIpc) is 2.54. The van der Waals surface area contributed by atoms with Gasteiger partial charge in [-0.2, -0.15) is 0 Å². The molecule has 26 heavy (non-hydrogen) atoms. The average molecular weight is 382 g/mol. The minimum absolute atomic E-state index is 0. The van der Waals surface area contributed by atoms with Gasteiger partial charge in [0, 0.05) is 36.8 Å². The van der Waals surface area contributed by atoms with Gasteiger partial charge in [-0.3, -0.25) is 9.59 Å². The smallest absolute Gasteiger partial charge is 0.253 e. The minimum atomic E-state index is -0.112. The van der Waals surface area contributed by atoms with Crippen LogP contribution in [0.25, 0.3) is 0 Å². The van der Waals surface area contributed by atoms with Crippen LogP contribution >= 0.6 is 12.4 Å². The van der Waals surface area contributed by atoms with Crippen LogP contribution in [0.3, 0.4) is 0 Å². The second-order valence-corrected chi connectivity index (χ2v) is 8.93. The predicted molar refractivity (Wildman–Crippen MR) is 108 cm³/mol. The normalized spacial score (nSPS) is 19.5. The van der Waals surface area contributed by atoms with Crippen molar-refractivity contribution in [3.05, 3.63) is 35.4 Å². The molecule has 0 radical (unpaired) electrons. The molecule has 1 aromatic carbocycles. The molecule has 6 heteroatoms. The summed E-state index contributed by atoms with van der Waals surface area (Å²) < 4.78 is 0. The maximum Gasteiger partial charge on any atom is 0.253 e. The maximum atomic E-state index is 12.7. The van der Waals surface area contributed by atoms with Crippen LogP contribution in [0.4, 0.5) is 0 Å². The third-order valence-corrected chi connectivity index (χ3v) is 4.77. The monoisotopic (exact) mass is 381 g/mol. The highest BCUT2D eigenvalue weighted by atomic mass is 35.5. The number of likely N-dealkylation sites (tertiary alicyclic amines) is 1. The Kier molecular flexibility index (Phi) is 7.25. The van der Waals surface area contributed by atoms with Gasteiger partial charge in [-0.05, 0) is 41.5 Å². The van der Waals surface area contributed by atoms with E-state index in [2.05, 4.69) is 39.9 Å². The van der Waals surface area contributed by atoms with Crippen molar-refractivity contribution in [3.63, 3.8) is 0 Å². The van der Waals surface area contributed by atoms with Gasteiger partial charge in [-0.25, -0.2) is 0 Å². The lowest BCUT2D eigenvalue weighted by Gasteiger charge is -2.42. The quantitative estimate of drug-likeness (QED) is 0.844. The largest absolute Gasteiger partial charge is 0.352 e. The number of rotatable bonds is 3. The molecule has 1 aliphatic rings. The standard InChI is InChI=1S/C20H31N3O2.ClH/c1-19(2,3)12-22-17(24)14-6-8-15(9-7-14)18(25)23-11-10-16(21)20(4,5)13-23;/h6-9,16H,10-13,21H2,1-5H3,(H,22,24);1H. The Morgan fingerprint density at radius 2 is 1.73 bits per heavy atom. The summed E-state index contributed by atoms with van der Waals surface area (Å²) in [5, 5.41) is 2.92. The van der Waals surface area contributed by atoms with E-state index < -0.39 is 0 Å². The van der Waals surface area contributed by atoms with Gasteiger partial charge in [0.15, 0.2) is 0 Å². The molecule has 1 fully saturated rings. The summed E-state index contributed by atoms with van der Waals surface area (Å²) in [7, 11) is 0. The zero-order valence-corrected chi connectivity index (χ0v) is 17.3. The number of hydrogen-bond donors (Lipinski definition) is 2. The predicted octanol–water partition coefficient (Wildman–Crippen LogP) is 3.08. The molecule has 0 aliphatic carbocycles. The van der Waals surface area contributed by atoms with E-state index in [-0.39, 0.29) is 41.1 Å². The van der Waals surface area contributed by atoms with Crippen molar-refractivity contribution < 1.29 is 9.59 Å². The molecule has 0 saturated carbocycles. The summed E-state index contributed by atoms with van der Waals surface area (Å²) in [4.78, 5) is 26.8. The van der Waals surface area contributed by atoms with Gasteiger partial charge >= 0.3 is 0 Å². The van der Waals surface area contributed by atoms with Gasteiger partial charge in [0.05, 0.1) is 0 Å². The highest BCUT2D eigenvalue weighted by Gasteiger charge is 2.35. The Morgan fingerprint density at radius 3 is 2.23 bits per heavy atom. The zero-order chi connectivity index (χ0) is 18.8. The van der Waals surface area contributed by atoms with Crippen molar-refractivity contribution in [1.29, 1.82) is 0 Å². The number of piperidine rings is 1. The van der Waals surface area contributed by atoms with E-state index in [1.165, 1.54) is 0 Å². The molecule has 0 bridgehead atoms. The Balaban J connectivity index is 0.00000338. The molecule has 1 atom stereocenters. The lowest BCUT2D eigenvalue weighted by atomic mass is 9.79. The van der Waals surface area contributed by atoms with Crippen LogP contribution in [0, 0.1) is 10.8 Å². The molecule has 2 amide bonds. The topological polar surface area (TPSA) is 75.4 Å². The van der Waals surface area contributed by atoms with E-state index in [0.29, 0.717) is 30.8 Å². The van der Waals surface area contributed by atoms with E-state index in [1.807, 2.05) is 4.90 Å². The van der Waals surface area contributed by atoms with Crippen LogP contribution in [0.2, 0.25) is 0 Å². The highest BCUT2D eigenvalue weighted by molar-refractivity contribution is 5.97. The van der Waals surface area contributed by atoms with Crippen LogP contribution < -0.4 is 11.1 Å². The second-order valence-electron chi connectivity index (χ2n) is 8.93. The first-order chi connectivity index (χ1) is 11.5. The van der Waals surface area contributed by atoms with Crippen molar-refractivity contribution in [2.75, 3.05) is 19.6 Å². The highest BCUT2D eigenvalue weighted by Crippen LogP contribution is 2.28. The van der Waals surface area contributed by atoms with Gasteiger partial charge in [0.1, 0.15) is 0 Å². The molecule has 3 N–H and O–H groups in total. The van der Waals surface area contributed by atoms with E-state index in [0.717, 1.165) is 6.42 Å². The molecular formula is C20H32ClN3O2. The lowest BCUT2D eigenvalue weighted by Crippen LogP contribution is -2.54. The fourth-order valence-electron chi connectivity index (χ4n) is 2.94. The summed E-state index contributed by atoms with van der Waals surface area (Å²) in [5.41, 5.74) is 7.28. The van der Waals surface area contributed by atoms with Gasteiger partial charge < -0.3 is 16.0 Å². The van der Waals surface area contributed by atoms with E-state index in [1.54, 1.807) is 24.3 Å². The number of amides is 2. The van der Waals surface area contributed by atoms with Crippen LogP contribution in [-0.2, 0) is 0 Å². The molecular weight excluding hydrogens is 350 g/mol. The third-order valence-electron chi connectivity index (χ3n) is 4.77. The molecule has 1 aromatic rings. The maximum absolute atomic E-state index is 12.7. The van der Waals surface area contributed by atoms with Crippen molar-refractivity contribution in [1.82, 2.24) is 10.2 Å². The Morgan fingerprint density at radius 1 is 1.19 bits per heavy atom. The minimum Gasteiger partial charge on any atom is -0.352 e. The second kappa shape index (κ2) is 8.40. The molecule has 5 nitrogen and oxygen atoms in total. The van der Waals surface area contributed by atoms with Crippen LogP contribution in [0.5, 0.6) is 0 Å². The molecule has 1 saturated heterocycles. The summed E-state index contributed by atoms with van der Waals surface area (Å²) in [6.07, 6.45) is 0.812. The number of nitrogens with zero attached hydrogens (tertiary/aromatic N) is 1. The zero-order valence-electron chi connectivity index (χ0n) is 16.5. The number of nitrogens with two attached hydrogens (primary N) is 1. The first kappa shape index (κ1) is 22.5. The number of benzene rings is 1. The molecule has 1 unspecified atom stereocenters. The third kappa shape index (κ3) is 5.71. The molecule has 1 aliphatic heterocycles. The van der Waals surface area contributed by atoms with Crippen molar-refractivity contribution in [2.24, 2.45) is 16.6 Å². The molecule has 146 valence electrons. The number of carbonyl (C=O) groups is 2. The van der Waals surface area contributed by atoms with Crippen molar-refractivity contribution >= 4 is 24.2 Å². The van der Waals surface area contributed by atoms with E-state index in [4.69, 9.17) is 5.73 Å². The first-order valence-electron chi connectivity index (χ1n) is 8.93. The molecule has 0 spiro atoms. The summed E-state index contributed by atoms with van der Waals surface area (Å²) in [6.45, 7) is 12.3. The molecule has 0 aromatic heterocycles. The fraction of sp³-hybridized carbons (Fsp3) is 0.600. The van der Waals surface area contributed by atoms with Crippen LogP contribution in [-0.4, -0.2) is 42.4 Å². The van der Waals surface area contributed by atoms with Gasteiger partial charge in [0.2, 0.25) is 0 Å². The van der Waals surface area contributed by atoms with Crippen LogP contribution in [0.15, 0.2) is 24.3 Å². The molecule has 2 rings (SSSR count). The summed E-state index contributed by atoms with van der Waals surface area (Å²) in [6, 6.07) is 7.01. The van der Waals surface area contributed by atoms with E-state index in [9.17, 15) is 9.59 Å². The first-order valence-corrected chi connectivity index (χ1v) is 8.93. The van der Waals surface area contributed by atoms with E-state index >= 15 is 0 Å². The SMILES string of the molecule is CC(C)(C)CNC(=O)c1ccc(C(=O)N2CCC(N)C(C)(C)C2)cc1.Cl. The fourth-order valence-corrected chi connectivity index (χ4v) is 2.94. The lowest BCUT2D eigenvalue weighted by molar-refractivity contribution is 0.0533. The van der Waals surface area contributed by atoms with Gasteiger partial charge in [-0.15, -0.1) is 12.4 Å². The Bertz CT molecular complexity index is 635. The molecule has 1 heterocycles. The van der Waals surface area contributed by atoms with Crippen molar-refractivity contribution in [2.45, 2.75) is 47.1 Å². The van der Waals surface area contributed by atoms with Crippen LogP contribution in [0.1, 0.15) is 61.8 Å². The number of nitrogens with one attached hydrogen (secondary N) is 1. The Hall–Kier alpha value is -1.59. The van der Waals surface area contributed by atoms with Crippen molar-refractivity contribution in [3.8, 4) is 0 Å². The summed E-state index contributed by atoms with van der Waals surface area (Å²) >= 11 is 0. The summed E-state index contributed by atoms with van der Waals surface area (Å²) in [5.74, 6) is -0.111.